The molecule has 0 unspecified atom stereocenters. The number of nitrogens with zero attached hydrogens (tertiary/aromatic N) is 4. The van der Waals surface area contributed by atoms with Crippen LogP contribution in [0, 0.1) is 10.1 Å². The van der Waals surface area contributed by atoms with Crippen molar-refractivity contribution in [1.82, 2.24) is 14.9 Å². The van der Waals surface area contributed by atoms with Gasteiger partial charge in [-0.05, 0) is 30.3 Å². The molecule has 3 heterocycles. The largest absolute Gasteiger partial charge is 0.463 e. The van der Waals surface area contributed by atoms with Gasteiger partial charge in [0.2, 0.25) is 0 Å². The molecular weight excluding hydrogens is 410 g/mol. The monoisotopic (exact) mass is 425 g/mol. The topological polar surface area (TPSA) is 116 Å². The molecule has 1 N–H and O–H groups in total. The first-order valence-corrected chi connectivity index (χ1v) is 9.64. The highest BCUT2D eigenvalue weighted by molar-refractivity contribution is 6.10. The molecule has 0 saturated carbocycles. The van der Waals surface area contributed by atoms with Crippen LogP contribution in [-0.4, -0.2) is 25.7 Å². The number of benzene rings is 2. The second-order valence-electron chi connectivity index (χ2n) is 6.94. The zero-order chi connectivity index (χ0) is 22.1. The second-order valence-corrected chi connectivity index (χ2v) is 6.94. The van der Waals surface area contributed by atoms with E-state index in [4.69, 9.17) is 4.42 Å². The Labute approximate surface area is 181 Å². The molecule has 9 heteroatoms. The van der Waals surface area contributed by atoms with Crippen LogP contribution in [0.25, 0.3) is 33.6 Å². The van der Waals surface area contributed by atoms with Crippen molar-refractivity contribution >= 4 is 22.5 Å². The summed E-state index contributed by atoms with van der Waals surface area (Å²) in [6.07, 6.45) is 3.16. The quantitative estimate of drug-likeness (QED) is 0.324. The molecule has 1 amide bonds. The lowest BCUT2D eigenvalue weighted by Gasteiger charge is -2.10. The maximum atomic E-state index is 13.2. The highest BCUT2D eigenvalue weighted by Crippen LogP contribution is 2.27. The average molecular weight is 425 g/mol. The molecule has 0 aliphatic heterocycles. The van der Waals surface area contributed by atoms with E-state index in [1.165, 1.54) is 16.9 Å². The van der Waals surface area contributed by atoms with Gasteiger partial charge in [-0.2, -0.15) is 4.79 Å². The van der Waals surface area contributed by atoms with Gasteiger partial charge in [0.05, 0.1) is 28.0 Å². The predicted octanol–water partition coefficient (Wildman–Crippen LogP) is 4.65. The Morgan fingerprint density at radius 3 is 2.69 bits per heavy atom. The number of carbonyl (C=O) groups is 1. The van der Waals surface area contributed by atoms with E-state index in [2.05, 4.69) is 15.5 Å². The molecule has 0 atom stereocenters. The maximum Gasteiger partial charge on any atom is 0.272 e. The Hall–Kier alpha value is -4.79. The van der Waals surface area contributed by atoms with Crippen LogP contribution >= 0.6 is 0 Å². The number of para-hydroxylation sites is 1. The van der Waals surface area contributed by atoms with Crippen LogP contribution in [0.3, 0.4) is 0 Å². The first-order valence-electron chi connectivity index (χ1n) is 9.64. The molecule has 2 aromatic carbocycles. The Kier molecular flexibility index (Phi) is 4.68. The van der Waals surface area contributed by atoms with Gasteiger partial charge in [-0.25, -0.2) is 10.4 Å². The normalized spacial score (nSPS) is 10.9. The molecule has 9 nitrogen and oxygen atoms in total. The number of fused-ring (bicyclic) bond motifs is 1. The lowest BCUT2D eigenvalue weighted by Crippen LogP contribution is -2.23. The van der Waals surface area contributed by atoms with Crippen LogP contribution in [0.4, 0.5) is 5.69 Å². The zero-order valence-corrected chi connectivity index (χ0v) is 16.5. The summed E-state index contributed by atoms with van der Waals surface area (Å²) in [6, 6.07) is 20.2. The third-order valence-electron chi connectivity index (χ3n) is 4.89. The van der Waals surface area contributed by atoms with Gasteiger partial charge in [0.15, 0.2) is 5.76 Å². The van der Waals surface area contributed by atoms with Crippen molar-refractivity contribution in [2.24, 2.45) is 0 Å². The minimum atomic E-state index is -0.466. The number of pyridine rings is 1. The Bertz CT molecular complexity index is 1460. The Balaban J connectivity index is 1.53. The number of nitro benzene ring substituents is 1. The molecule has 0 aliphatic rings. The van der Waals surface area contributed by atoms with Crippen molar-refractivity contribution in [3.63, 3.8) is 0 Å². The van der Waals surface area contributed by atoms with Crippen molar-refractivity contribution in [2.75, 3.05) is 5.43 Å². The molecule has 0 fully saturated rings. The van der Waals surface area contributed by atoms with E-state index >= 15 is 0 Å². The molecule has 0 radical (unpaired) electrons. The molecule has 5 aromatic rings. The van der Waals surface area contributed by atoms with Gasteiger partial charge in [-0.1, -0.05) is 30.3 Å². The van der Waals surface area contributed by atoms with Crippen LogP contribution in [0.15, 0.2) is 89.7 Å². The summed E-state index contributed by atoms with van der Waals surface area (Å²) >= 11 is 0. The molecule has 0 spiro atoms. The fourth-order valence-electron chi connectivity index (χ4n) is 3.40. The Morgan fingerprint density at radius 2 is 1.88 bits per heavy atom. The lowest BCUT2D eigenvalue weighted by molar-refractivity contribution is -0.384. The number of rotatable bonds is 5. The molecule has 156 valence electrons. The fraction of sp³-hybridized carbons (Fsp3) is 0. The summed E-state index contributed by atoms with van der Waals surface area (Å²) in [7, 11) is 0. The van der Waals surface area contributed by atoms with Crippen molar-refractivity contribution < 1.29 is 14.1 Å². The first kappa shape index (κ1) is 19.2. The van der Waals surface area contributed by atoms with Gasteiger partial charge >= 0.3 is 0 Å². The van der Waals surface area contributed by atoms with E-state index in [9.17, 15) is 14.9 Å². The van der Waals surface area contributed by atoms with Gasteiger partial charge in [0, 0.05) is 29.3 Å². The van der Waals surface area contributed by atoms with Crippen molar-refractivity contribution in [3.8, 4) is 22.7 Å². The van der Waals surface area contributed by atoms with Gasteiger partial charge < -0.3 is 4.42 Å². The van der Waals surface area contributed by atoms with E-state index < -0.39 is 10.8 Å². The zero-order valence-electron chi connectivity index (χ0n) is 16.5. The number of amides is 1. The molecule has 32 heavy (non-hydrogen) atoms. The molecule has 5 rings (SSSR count). The molecular formula is C23H15N5O4. The highest BCUT2D eigenvalue weighted by Gasteiger charge is 2.16. The van der Waals surface area contributed by atoms with Gasteiger partial charge in [-0.15, -0.1) is 5.10 Å². The number of nitro groups is 1. The summed E-state index contributed by atoms with van der Waals surface area (Å²) in [6.45, 7) is 0. The molecule has 3 aromatic heterocycles. The lowest BCUT2D eigenvalue weighted by atomic mass is 10.0. The van der Waals surface area contributed by atoms with Crippen LogP contribution in [-0.2, 0) is 0 Å². The van der Waals surface area contributed by atoms with Crippen LogP contribution in [0.1, 0.15) is 10.4 Å². The third-order valence-corrected chi connectivity index (χ3v) is 4.89. The van der Waals surface area contributed by atoms with Gasteiger partial charge in [0.25, 0.3) is 11.6 Å². The van der Waals surface area contributed by atoms with E-state index in [0.717, 1.165) is 0 Å². The van der Waals surface area contributed by atoms with Crippen molar-refractivity contribution in [2.45, 2.75) is 0 Å². The molecule has 0 saturated heterocycles. The molecule has 0 bridgehead atoms. The molecule has 0 aliphatic carbocycles. The highest BCUT2D eigenvalue weighted by atomic mass is 16.6. The summed E-state index contributed by atoms with van der Waals surface area (Å²) in [4.78, 5) is 29.8. The minimum absolute atomic E-state index is 0.0505. The second kappa shape index (κ2) is 7.80. The van der Waals surface area contributed by atoms with Crippen molar-refractivity contribution in [1.29, 1.82) is 0 Å². The van der Waals surface area contributed by atoms with E-state index in [1.807, 2.05) is 12.1 Å². The SMILES string of the molecule is O=C(Nn1ccc(-c2ccco2)n1)c1cc(-c2cccc([N+](=O)[O-])c2)nc2ccccc12. The van der Waals surface area contributed by atoms with Crippen LogP contribution < -0.4 is 5.43 Å². The standard InChI is InChI=1S/C23H15N5O4/c29-23(26-27-11-10-20(25-27)22-9-4-12-32-22)18-14-21(24-19-8-2-1-7-17(18)19)15-5-3-6-16(13-15)28(30)31/h1-14H,(H,26,29). The fourth-order valence-corrected chi connectivity index (χ4v) is 3.40. The summed E-state index contributed by atoms with van der Waals surface area (Å²) in [5.41, 5.74) is 5.21. The smallest absolute Gasteiger partial charge is 0.272 e. The van der Waals surface area contributed by atoms with Crippen LogP contribution in [0.5, 0.6) is 0 Å². The average Bonchev–Trinajstić information content (AvgIpc) is 3.50. The Morgan fingerprint density at radius 1 is 1.00 bits per heavy atom. The maximum absolute atomic E-state index is 13.2. The minimum Gasteiger partial charge on any atom is -0.463 e. The predicted molar refractivity (Wildman–Crippen MR) is 117 cm³/mol. The number of furan rings is 1. The number of nitrogens with one attached hydrogen (secondary N) is 1. The van der Waals surface area contributed by atoms with E-state index in [1.54, 1.807) is 61.0 Å². The van der Waals surface area contributed by atoms with E-state index in [0.29, 0.717) is 39.2 Å². The summed E-state index contributed by atoms with van der Waals surface area (Å²) in [5.74, 6) is 0.185. The van der Waals surface area contributed by atoms with Crippen LogP contribution in [0.2, 0.25) is 0 Å². The summed E-state index contributed by atoms with van der Waals surface area (Å²) < 4.78 is 5.33. The van der Waals surface area contributed by atoms with Gasteiger partial charge in [0.1, 0.15) is 5.69 Å². The number of hydrogen-bond acceptors (Lipinski definition) is 6. The summed E-state index contributed by atoms with van der Waals surface area (Å²) in [5, 5.41) is 16.1. The number of non-ortho nitro benzene ring substituents is 1. The number of aromatic nitrogens is 3. The number of carbonyl (C=O) groups excluding carboxylic acids is 1. The van der Waals surface area contributed by atoms with Crippen molar-refractivity contribution in [3.05, 3.63) is 101 Å². The van der Waals surface area contributed by atoms with E-state index in [-0.39, 0.29) is 5.69 Å². The van der Waals surface area contributed by atoms with Gasteiger partial charge in [-0.3, -0.25) is 14.9 Å². The third kappa shape index (κ3) is 3.58. The first-order chi connectivity index (χ1) is 15.6. The number of hydrogen-bond donors (Lipinski definition) is 1.